The van der Waals surface area contributed by atoms with Crippen molar-refractivity contribution < 1.29 is 9.53 Å². The van der Waals surface area contributed by atoms with E-state index >= 15 is 0 Å². The molecule has 0 unspecified atom stereocenters. The van der Waals surface area contributed by atoms with Gasteiger partial charge in [-0.15, -0.1) is 0 Å². The third kappa shape index (κ3) is 4.31. The summed E-state index contributed by atoms with van der Waals surface area (Å²) in [6.07, 6.45) is 1.78. The number of hydrogen-bond acceptors (Lipinski definition) is 5. The van der Waals surface area contributed by atoms with E-state index in [1.165, 1.54) is 0 Å². The molecule has 1 aliphatic heterocycles. The predicted molar refractivity (Wildman–Crippen MR) is 115 cm³/mol. The van der Waals surface area contributed by atoms with Gasteiger partial charge < -0.3 is 15.0 Å². The number of carbonyl (C=O) groups is 1. The fourth-order valence-corrected chi connectivity index (χ4v) is 3.76. The molecule has 6 heteroatoms. The number of benzene rings is 2. The lowest BCUT2D eigenvalue weighted by Gasteiger charge is -2.33. The van der Waals surface area contributed by atoms with E-state index in [0.29, 0.717) is 19.0 Å². The van der Waals surface area contributed by atoms with Gasteiger partial charge in [0.2, 0.25) is 5.91 Å². The van der Waals surface area contributed by atoms with Gasteiger partial charge in [0.25, 0.3) is 5.88 Å². The van der Waals surface area contributed by atoms with Crippen LogP contribution in [0.3, 0.4) is 0 Å². The molecule has 2 heterocycles. The molecule has 4 rings (SSSR count). The zero-order chi connectivity index (χ0) is 20.2. The average Bonchev–Trinajstić information content (AvgIpc) is 2.73. The van der Waals surface area contributed by atoms with Gasteiger partial charge in [-0.1, -0.05) is 24.3 Å². The van der Waals surface area contributed by atoms with Crippen molar-refractivity contribution in [2.24, 2.45) is 5.92 Å². The number of para-hydroxylation sites is 2. The van der Waals surface area contributed by atoms with Crippen LogP contribution < -0.4 is 15.0 Å². The third-order valence-electron chi connectivity index (χ3n) is 5.18. The number of nitrogens with one attached hydrogen (secondary N) is 1. The number of piperidine rings is 1. The van der Waals surface area contributed by atoms with E-state index in [-0.39, 0.29) is 11.8 Å². The van der Waals surface area contributed by atoms with E-state index in [0.717, 1.165) is 47.5 Å². The molecule has 150 valence electrons. The highest BCUT2D eigenvalue weighted by molar-refractivity contribution is 5.93. The lowest BCUT2D eigenvalue weighted by atomic mass is 9.97. The van der Waals surface area contributed by atoms with Gasteiger partial charge in [-0.3, -0.25) is 4.79 Å². The Morgan fingerprint density at radius 1 is 1.17 bits per heavy atom. The molecule has 1 fully saturated rings. The summed E-state index contributed by atoms with van der Waals surface area (Å²) >= 11 is 0. The van der Waals surface area contributed by atoms with E-state index in [2.05, 4.69) is 15.2 Å². The number of nitrogens with zero attached hydrogens (tertiary/aromatic N) is 3. The van der Waals surface area contributed by atoms with Gasteiger partial charge in [0.1, 0.15) is 0 Å². The summed E-state index contributed by atoms with van der Waals surface area (Å²) in [6.45, 7) is 5.91. The Morgan fingerprint density at radius 2 is 1.97 bits per heavy atom. The zero-order valence-electron chi connectivity index (χ0n) is 16.9. The molecule has 1 aromatic heterocycles. The van der Waals surface area contributed by atoms with Crippen LogP contribution in [-0.4, -0.2) is 35.6 Å². The molecule has 2 aromatic carbocycles. The van der Waals surface area contributed by atoms with Crippen molar-refractivity contribution in [3.05, 3.63) is 54.1 Å². The van der Waals surface area contributed by atoms with Crippen LogP contribution in [0.1, 0.15) is 25.3 Å². The van der Waals surface area contributed by atoms with Crippen molar-refractivity contribution in [2.45, 2.75) is 26.7 Å². The maximum absolute atomic E-state index is 12.9. The van der Waals surface area contributed by atoms with Crippen molar-refractivity contribution >= 4 is 28.4 Å². The second-order valence-electron chi connectivity index (χ2n) is 7.42. The molecule has 29 heavy (non-hydrogen) atoms. The van der Waals surface area contributed by atoms with Crippen LogP contribution in [0.5, 0.6) is 5.88 Å². The largest absolute Gasteiger partial charge is 0.475 e. The van der Waals surface area contributed by atoms with Crippen molar-refractivity contribution in [1.29, 1.82) is 0 Å². The first-order valence-corrected chi connectivity index (χ1v) is 10.2. The van der Waals surface area contributed by atoms with E-state index < -0.39 is 0 Å². The number of amides is 1. The van der Waals surface area contributed by atoms with Crippen LogP contribution in [0.25, 0.3) is 11.0 Å². The molecule has 0 radical (unpaired) electrons. The maximum Gasteiger partial charge on any atom is 0.258 e. The average molecular weight is 390 g/mol. The summed E-state index contributed by atoms with van der Waals surface area (Å²) in [4.78, 5) is 24.5. The third-order valence-corrected chi connectivity index (χ3v) is 5.18. The van der Waals surface area contributed by atoms with E-state index in [1.54, 1.807) is 0 Å². The molecule has 6 nitrogen and oxygen atoms in total. The summed E-state index contributed by atoms with van der Waals surface area (Å²) < 4.78 is 5.79. The molecule has 0 bridgehead atoms. The Kier molecular flexibility index (Phi) is 5.60. The van der Waals surface area contributed by atoms with Gasteiger partial charge in [0.15, 0.2) is 5.82 Å². The second-order valence-corrected chi connectivity index (χ2v) is 7.42. The van der Waals surface area contributed by atoms with Crippen LogP contribution in [0.2, 0.25) is 0 Å². The highest BCUT2D eigenvalue weighted by atomic mass is 16.5. The first-order valence-electron chi connectivity index (χ1n) is 10.2. The predicted octanol–water partition coefficient (Wildman–Crippen LogP) is 4.19. The Hall–Kier alpha value is -3.15. The van der Waals surface area contributed by atoms with Gasteiger partial charge in [-0.05, 0) is 56.5 Å². The van der Waals surface area contributed by atoms with Gasteiger partial charge in [0.05, 0.1) is 23.6 Å². The number of fused-ring (bicyclic) bond motifs is 1. The van der Waals surface area contributed by atoms with E-state index in [9.17, 15) is 4.79 Å². The number of hydrogen-bond donors (Lipinski definition) is 1. The Labute approximate surface area is 170 Å². The van der Waals surface area contributed by atoms with Crippen LogP contribution in [0.4, 0.5) is 11.5 Å². The molecule has 0 aliphatic carbocycles. The summed E-state index contributed by atoms with van der Waals surface area (Å²) in [5.41, 5.74) is 3.61. The summed E-state index contributed by atoms with van der Waals surface area (Å²) in [5.74, 6) is 1.20. The summed E-state index contributed by atoms with van der Waals surface area (Å²) in [5, 5.41) is 3.06. The summed E-state index contributed by atoms with van der Waals surface area (Å²) in [6, 6.07) is 15.7. The van der Waals surface area contributed by atoms with Crippen molar-refractivity contribution in [3.8, 4) is 5.88 Å². The van der Waals surface area contributed by atoms with Crippen molar-refractivity contribution in [2.75, 3.05) is 29.9 Å². The lowest BCUT2D eigenvalue weighted by Crippen LogP contribution is -2.41. The molecule has 1 aliphatic rings. The normalized spacial score (nSPS) is 16.6. The molecule has 0 saturated carbocycles. The molecule has 1 N–H and O–H groups in total. The molecule has 1 atom stereocenters. The van der Waals surface area contributed by atoms with Crippen LogP contribution in [0.15, 0.2) is 48.5 Å². The molecular weight excluding hydrogens is 364 g/mol. The van der Waals surface area contributed by atoms with Crippen LogP contribution in [-0.2, 0) is 4.79 Å². The molecule has 3 aromatic rings. The number of aryl methyl sites for hydroxylation is 1. The number of carbonyl (C=O) groups excluding carboxylic acids is 1. The lowest BCUT2D eigenvalue weighted by molar-refractivity contribution is -0.120. The quantitative estimate of drug-likeness (QED) is 0.707. The Balaban J connectivity index is 1.56. The Morgan fingerprint density at radius 3 is 2.72 bits per heavy atom. The SMILES string of the molecule is CCOc1nc2ccccc2nc1N1CCC[C@@H](C(=O)Nc2cccc(C)c2)C1. The van der Waals surface area contributed by atoms with Crippen molar-refractivity contribution in [1.82, 2.24) is 9.97 Å². The van der Waals surface area contributed by atoms with Gasteiger partial charge >= 0.3 is 0 Å². The summed E-state index contributed by atoms with van der Waals surface area (Å²) in [7, 11) is 0. The smallest absolute Gasteiger partial charge is 0.258 e. The maximum atomic E-state index is 12.9. The highest BCUT2D eigenvalue weighted by Gasteiger charge is 2.29. The molecule has 0 spiro atoms. The number of rotatable bonds is 5. The van der Waals surface area contributed by atoms with Crippen LogP contribution in [0, 0.1) is 12.8 Å². The highest BCUT2D eigenvalue weighted by Crippen LogP contribution is 2.31. The Bertz CT molecular complexity index is 1020. The number of anilines is 2. The number of aromatic nitrogens is 2. The minimum atomic E-state index is -0.105. The molecule has 1 saturated heterocycles. The topological polar surface area (TPSA) is 67.4 Å². The zero-order valence-corrected chi connectivity index (χ0v) is 16.9. The first kappa shape index (κ1) is 19.2. The van der Waals surface area contributed by atoms with Gasteiger partial charge in [-0.25, -0.2) is 9.97 Å². The monoisotopic (exact) mass is 390 g/mol. The number of ether oxygens (including phenoxy) is 1. The standard InChI is InChI=1S/C23H26N4O2/c1-3-29-23-21(25-19-11-4-5-12-20(19)26-23)27-13-7-9-17(15-27)22(28)24-18-10-6-8-16(2)14-18/h4-6,8,10-12,14,17H,3,7,9,13,15H2,1-2H3,(H,24,28)/t17-/m1/s1. The fraction of sp³-hybridized carbons (Fsp3) is 0.348. The molecular formula is C23H26N4O2. The minimum Gasteiger partial charge on any atom is -0.475 e. The fourth-order valence-electron chi connectivity index (χ4n) is 3.76. The molecule has 1 amide bonds. The first-order chi connectivity index (χ1) is 14.1. The van der Waals surface area contributed by atoms with Gasteiger partial charge in [-0.2, -0.15) is 0 Å². The van der Waals surface area contributed by atoms with E-state index in [1.807, 2.05) is 62.4 Å². The van der Waals surface area contributed by atoms with Crippen LogP contribution >= 0.6 is 0 Å². The van der Waals surface area contributed by atoms with Gasteiger partial charge in [0, 0.05) is 18.8 Å². The minimum absolute atomic E-state index is 0.0482. The second kappa shape index (κ2) is 8.47. The van der Waals surface area contributed by atoms with Crippen molar-refractivity contribution in [3.63, 3.8) is 0 Å². The van der Waals surface area contributed by atoms with E-state index in [4.69, 9.17) is 9.72 Å².